The molecule has 4 rings (SSSR count). The molecule has 2 saturated heterocycles. The minimum atomic E-state index is -0.262. The molecule has 0 saturated carbocycles. The number of rotatable bonds is 7. The lowest BCUT2D eigenvalue weighted by atomic mass is 10.0. The van der Waals surface area contributed by atoms with Gasteiger partial charge >= 0.3 is 0 Å². The summed E-state index contributed by atoms with van der Waals surface area (Å²) in [7, 11) is 0. The average Bonchev–Trinajstić information content (AvgIpc) is 3.17. The van der Waals surface area contributed by atoms with Crippen LogP contribution in [0.3, 0.4) is 0 Å². The number of nitrogens with zero attached hydrogens (tertiary/aromatic N) is 5. The number of hydrogen-bond acceptors (Lipinski definition) is 7. The summed E-state index contributed by atoms with van der Waals surface area (Å²) in [4.78, 5) is 33.2. The molecule has 0 N–H and O–H groups in total. The van der Waals surface area contributed by atoms with Crippen LogP contribution in [0.2, 0.25) is 0 Å². The molecule has 1 aromatic heterocycles. The molecule has 0 spiro atoms. The van der Waals surface area contributed by atoms with E-state index in [4.69, 9.17) is 12.2 Å². The lowest BCUT2D eigenvalue weighted by Gasteiger charge is -2.39. The van der Waals surface area contributed by atoms with Gasteiger partial charge in [0.25, 0.3) is 11.5 Å². The van der Waals surface area contributed by atoms with Crippen LogP contribution in [0, 0.1) is 18.3 Å². The molecular weight excluding hydrogens is 490 g/mol. The summed E-state index contributed by atoms with van der Waals surface area (Å²) in [5, 5.41) is 9.87. The number of nitriles is 1. The molecule has 0 atom stereocenters. The van der Waals surface area contributed by atoms with Crippen LogP contribution < -0.4 is 15.4 Å². The molecule has 1 aromatic carbocycles. The number of piperazine rings is 1. The minimum absolute atomic E-state index is 0.128. The van der Waals surface area contributed by atoms with Crippen LogP contribution in [0.1, 0.15) is 43.4 Å². The number of benzene rings is 1. The molecule has 1 amide bonds. The standard InChI is InChI=1S/C27H31N5O2S2/c1-4-6-12-32-24(30-15-13-29(14-16-30)20-10-8-7-9-11-20)21(19(3)22(18-28)25(32)33)17-23-26(34)31(5-2)27(35)36-23/h7-11,17H,4-6,12-16H2,1-3H3. The van der Waals surface area contributed by atoms with E-state index in [9.17, 15) is 14.9 Å². The molecule has 2 fully saturated rings. The predicted octanol–water partition coefficient (Wildman–Crippen LogP) is 4.38. The second-order valence-corrected chi connectivity index (χ2v) is 10.6. The number of anilines is 2. The van der Waals surface area contributed by atoms with Gasteiger partial charge in [0.15, 0.2) is 0 Å². The zero-order chi connectivity index (χ0) is 25.8. The van der Waals surface area contributed by atoms with Gasteiger partial charge in [-0.15, -0.1) is 0 Å². The van der Waals surface area contributed by atoms with Gasteiger partial charge in [0.2, 0.25) is 0 Å². The summed E-state index contributed by atoms with van der Waals surface area (Å²) in [6, 6.07) is 12.4. The number of para-hydroxylation sites is 1. The third-order valence-corrected chi connectivity index (χ3v) is 8.13. The fraction of sp³-hybridized carbons (Fsp3) is 0.407. The molecular formula is C27H31N5O2S2. The molecule has 0 unspecified atom stereocenters. The Hall–Kier alpha value is -3.09. The monoisotopic (exact) mass is 521 g/mol. The van der Waals surface area contributed by atoms with Gasteiger partial charge in [-0.25, -0.2) is 0 Å². The summed E-state index contributed by atoms with van der Waals surface area (Å²) < 4.78 is 2.28. The van der Waals surface area contributed by atoms with E-state index in [-0.39, 0.29) is 17.0 Å². The van der Waals surface area contributed by atoms with Crippen molar-refractivity contribution >= 4 is 51.8 Å². The van der Waals surface area contributed by atoms with E-state index in [0.29, 0.717) is 27.9 Å². The van der Waals surface area contributed by atoms with Crippen molar-refractivity contribution in [3.05, 3.63) is 62.3 Å². The van der Waals surface area contributed by atoms with Crippen molar-refractivity contribution < 1.29 is 4.79 Å². The molecule has 36 heavy (non-hydrogen) atoms. The zero-order valence-electron chi connectivity index (χ0n) is 21.0. The first-order chi connectivity index (χ1) is 17.4. The zero-order valence-corrected chi connectivity index (χ0v) is 22.6. The number of pyridine rings is 1. The summed E-state index contributed by atoms with van der Waals surface area (Å²) >= 11 is 6.69. The van der Waals surface area contributed by atoms with Crippen LogP contribution in [-0.4, -0.2) is 52.4 Å². The van der Waals surface area contributed by atoms with E-state index >= 15 is 0 Å². The second-order valence-electron chi connectivity index (χ2n) is 8.90. The van der Waals surface area contributed by atoms with Crippen molar-refractivity contribution in [3.8, 4) is 6.07 Å². The fourth-order valence-corrected chi connectivity index (χ4v) is 6.09. The highest BCUT2D eigenvalue weighted by Crippen LogP contribution is 2.36. The third-order valence-electron chi connectivity index (χ3n) is 6.75. The average molecular weight is 522 g/mol. The summed E-state index contributed by atoms with van der Waals surface area (Å²) in [6.45, 7) is 9.88. The van der Waals surface area contributed by atoms with Gasteiger partial charge in [-0.2, -0.15) is 5.26 Å². The SMILES string of the molecule is CCCCn1c(N2CCN(c3ccccc3)CC2)c(C=C2SC(=S)N(CC)C2=O)c(C)c(C#N)c1=O. The molecule has 0 bridgehead atoms. The molecule has 2 aliphatic rings. The maximum absolute atomic E-state index is 13.5. The second kappa shape index (κ2) is 11.3. The Morgan fingerprint density at radius 2 is 1.75 bits per heavy atom. The Morgan fingerprint density at radius 3 is 2.33 bits per heavy atom. The summed E-state index contributed by atoms with van der Waals surface area (Å²) in [5.41, 5.74) is 2.42. The van der Waals surface area contributed by atoms with Crippen molar-refractivity contribution in [2.45, 2.75) is 40.2 Å². The van der Waals surface area contributed by atoms with Gasteiger partial charge in [-0.05, 0) is 44.0 Å². The van der Waals surface area contributed by atoms with E-state index in [1.807, 2.05) is 31.2 Å². The van der Waals surface area contributed by atoms with Crippen LogP contribution in [-0.2, 0) is 11.3 Å². The van der Waals surface area contributed by atoms with E-state index in [2.05, 4.69) is 34.9 Å². The van der Waals surface area contributed by atoms with Crippen molar-refractivity contribution in [1.82, 2.24) is 9.47 Å². The number of amides is 1. The van der Waals surface area contributed by atoms with Crippen molar-refractivity contribution in [2.75, 3.05) is 42.5 Å². The number of carbonyl (C=O) groups excluding carboxylic acids is 1. The molecule has 0 radical (unpaired) electrons. The Kier molecular flexibility index (Phi) is 8.17. The number of thiocarbonyl (C=S) groups is 1. The highest BCUT2D eigenvalue weighted by Gasteiger charge is 2.32. The number of hydrogen-bond donors (Lipinski definition) is 0. The highest BCUT2D eigenvalue weighted by molar-refractivity contribution is 8.26. The van der Waals surface area contributed by atoms with E-state index in [1.54, 1.807) is 16.4 Å². The Labute approximate surface area is 222 Å². The van der Waals surface area contributed by atoms with Crippen LogP contribution >= 0.6 is 24.0 Å². The van der Waals surface area contributed by atoms with Gasteiger partial charge in [0.05, 0.1) is 4.91 Å². The molecule has 7 nitrogen and oxygen atoms in total. The molecule has 188 valence electrons. The lowest BCUT2D eigenvalue weighted by molar-refractivity contribution is -0.121. The van der Waals surface area contributed by atoms with Crippen molar-refractivity contribution in [3.63, 3.8) is 0 Å². The summed E-state index contributed by atoms with van der Waals surface area (Å²) in [5.74, 6) is 0.663. The van der Waals surface area contributed by atoms with Gasteiger partial charge in [0, 0.05) is 50.5 Å². The topological polar surface area (TPSA) is 72.6 Å². The first-order valence-electron chi connectivity index (χ1n) is 12.4. The first-order valence-corrected chi connectivity index (χ1v) is 13.6. The van der Waals surface area contributed by atoms with Gasteiger partial charge in [0.1, 0.15) is 21.8 Å². The van der Waals surface area contributed by atoms with E-state index in [1.165, 1.54) is 17.4 Å². The number of unbranched alkanes of at least 4 members (excludes halogenated alkanes) is 1. The van der Waals surface area contributed by atoms with Gasteiger partial charge in [-0.3, -0.25) is 19.1 Å². The van der Waals surface area contributed by atoms with Gasteiger partial charge in [-0.1, -0.05) is 55.5 Å². The van der Waals surface area contributed by atoms with Crippen LogP contribution in [0.25, 0.3) is 6.08 Å². The highest BCUT2D eigenvalue weighted by atomic mass is 32.2. The van der Waals surface area contributed by atoms with Gasteiger partial charge < -0.3 is 9.80 Å². The third kappa shape index (κ3) is 4.93. The quantitative estimate of drug-likeness (QED) is 0.396. The molecule has 0 aliphatic carbocycles. The predicted molar refractivity (Wildman–Crippen MR) is 151 cm³/mol. The maximum Gasteiger partial charge on any atom is 0.270 e. The number of likely N-dealkylation sites (N-methyl/N-ethyl adjacent to an activating group) is 1. The van der Waals surface area contributed by atoms with Crippen molar-refractivity contribution in [2.24, 2.45) is 0 Å². The largest absolute Gasteiger partial charge is 0.368 e. The Morgan fingerprint density at radius 1 is 1.08 bits per heavy atom. The van der Waals surface area contributed by atoms with Crippen LogP contribution in [0.4, 0.5) is 11.5 Å². The Bertz CT molecular complexity index is 1290. The molecule has 9 heteroatoms. The van der Waals surface area contributed by atoms with Crippen LogP contribution in [0.5, 0.6) is 0 Å². The molecule has 2 aromatic rings. The minimum Gasteiger partial charge on any atom is -0.368 e. The molecule has 3 heterocycles. The van der Waals surface area contributed by atoms with E-state index in [0.717, 1.165) is 50.4 Å². The molecule has 2 aliphatic heterocycles. The normalized spacial score (nSPS) is 17.3. The first kappa shape index (κ1) is 26.0. The smallest absolute Gasteiger partial charge is 0.270 e. The van der Waals surface area contributed by atoms with Crippen LogP contribution in [0.15, 0.2) is 40.0 Å². The lowest BCUT2D eigenvalue weighted by Crippen LogP contribution is -2.48. The maximum atomic E-state index is 13.5. The fourth-order valence-electron chi connectivity index (χ4n) is 4.73. The Balaban J connectivity index is 1.81. The van der Waals surface area contributed by atoms with E-state index < -0.39 is 0 Å². The number of aromatic nitrogens is 1. The number of carbonyl (C=O) groups is 1. The van der Waals surface area contributed by atoms with Crippen molar-refractivity contribution in [1.29, 1.82) is 5.26 Å². The number of thioether (sulfide) groups is 1. The summed E-state index contributed by atoms with van der Waals surface area (Å²) in [6.07, 6.45) is 3.59.